The lowest BCUT2D eigenvalue weighted by Crippen LogP contribution is -2.29. The van der Waals surface area contributed by atoms with Gasteiger partial charge in [-0.2, -0.15) is 0 Å². The van der Waals surface area contributed by atoms with E-state index >= 15 is 0 Å². The summed E-state index contributed by atoms with van der Waals surface area (Å²) in [6, 6.07) is 13.5. The van der Waals surface area contributed by atoms with Crippen LogP contribution in [0.4, 0.5) is 4.39 Å². The van der Waals surface area contributed by atoms with Crippen LogP contribution in [-0.2, 0) is 18.3 Å². The number of hydrogen-bond donors (Lipinski definition) is 2. The van der Waals surface area contributed by atoms with Gasteiger partial charge in [0.1, 0.15) is 5.82 Å². The number of carbonyl (C=O) groups is 1. The van der Waals surface area contributed by atoms with Crippen LogP contribution in [0.2, 0.25) is 0 Å². The first-order valence-corrected chi connectivity index (χ1v) is 7.78. The van der Waals surface area contributed by atoms with Crippen molar-refractivity contribution in [3.8, 4) is 0 Å². The Bertz CT molecular complexity index is 855. The van der Waals surface area contributed by atoms with Crippen LogP contribution >= 0.6 is 0 Å². The van der Waals surface area contributed by atoms with Crippen molar-refractivity contribution in [2.45, 2.75) is 12.5 Å². The molecular weight excluding hydrogens is 307 g/mol. The molecule has 5 heteroatoms. The van der Waals surface area contributed by atoms with Gasteiger partial charge < -0.3 is 15.0 Å². The third-order valence-corrected chi connectivity index (χ3v) is 4.08. The van der Waals surface area contributed by atoms with E-state index in [4.69, 9.17) is 0 Å². The predicted octanol–water partition coefficient (Wildman–Crippen LogP) is 2.71. The number of aliphatic hydroxyl groups is 1. The average molecular weight is 326 g/mol. The maximum atomic E-state index is 12.9. The Morgan fingerprint density at radius 1 is 1.21 bits per heavy atom. The molecule has 0 bridgehead atoms. The van der Waals surface area contributed by atoms with Gasteiger partial charge in [0.2, 0.25) is 5.91 Å². The van der Waals surface area contributed by atoms with Crippen molar-refractivity contribution in [2.75, 3.05) is 6.54 Å². The Labute approximate surface area is 139 Å². The van der Waals surface area contributed by atoms with Gasteiger partial charge >= 0.3 is 0 Å². The van der Waals surface area contributed by atoms with Crippen LogP contribution in [0, 0.1) is 5.82 Å². The number of carbonyl (C=O) groups excluding carboxylic acids is 1. The SMILES string of the molecule is Cn1cc(CC(=O)NCC(O)c2ccc(F)cc2)c2ccccc21. The lowest BCUT2D eigenvalue weighted by Gasteiger charge is -2.12. The summed E-state index contributed by atoms with van der Waals surface area (Å²) in [5.74, 6) is -0.515. The number of hydrogen-bond acceptors (Lipinski definition) is 2. The van der Waals surface area contributed by atoms with Gasteiger partial charge in [-0.3, -0.25) is 4.79 Å². The highest BCUT2D eigenvalue weighted by atomic mass is 19.1. The summed E-state index contributed by atoms with van der Waals surface area (Å²) in [6.07, 6.45) is 1.33. The van der Waals surface area contributed by atoms with Crippen LogP contribution in [0.5, 0.6) is 0 Å². The second-order valence-corrected chi connectivity index (χ2v) is 5.83. The number of benzene rings is 2. The van der Waals surface area contributed by atoms with Crippen LogP contribution in [-0.4, -0.2) is 22.1 Å². The highest BCUT2D eigenvalue weighted by Crippen LogP contribution is 2.20. The molecule has 24 heavy (non-hydrogen) atoms. The second-order valence-electron chi connectivity index (χ2n) is 5.83. The van der Waals surface area contributed by atoms with E-state index in [0.29, 0.717) is 5.56 Å². The maximum Gasteiger partial charge on any atom is 0.224 e. The number of nitrogens with zero attached hydrogens (tertiary/aromatic N) is 1. The highest BCUT2D eigenvalue weighted by Gasteiger charge is 2.13. The first-order chi connectivity index (χ1) is 11.5. The van der Waals surface area contributed by atoms with Crippen molar-refractivity contribution in [3.63, 3.8) is 0 Å². The number of para-hydroxylation sites is 1. The molecule has 3 aromatic rings. The number of aliphatic hydroxyl groups excluding tert-OH is 1. The van der Waals surface area contributed by atoms with Gasteiger partial charge in [-0.25, -0.2) is 4.39 Å². The van der Waals surface area contributed by atoms with E-state index in [-0.39, 0.29) is 24.7 Å². The predicted molar refractivity (Wildman–Crippen MR) is 91.0 cm³/mol. The molecule has 0 saturated heterocycles. The number of nitrogens with one attached hydrogen (secondary N) is 1. The molecule has 1 heterocycles. The van der Waals surface area contributed by atoms with E-state index < -0.39 is 6.10 Å². The number of amides is 1. The van der Waals surface area contributed by atoms with Gasteiger partial charge in [-0.15, -0.1) is 0 Å². The van der Waals surface area contributed by atoms with Crippen LogP contribution in [0.15, 0.2) is 54.7 Å². The van der Waals surface area contributed by atoms with Crippen molar-refractivity contribution in [1.29, 1.82) is 0 Å². The van der Waals surface area contributed by atoms with Crippen LogP contribution in [0.25, 0.3) is 10.9 Å². The summed E-state index contributed by atoms with van der Waals surface area (Å²) in [6.45, 7) is 0.0925. The Hall–Kier alpha value is -2.66. The molecule has 0 radical (unpaired) electrons. The second kappa shape index (κ2) is 6.84. The minimum absolute atomic E-state index is 0.0925. The molecule has 0 aliphatic heterocycles. The number of fused-ring (bicyclic) bond motifs is 1. The zero-order valence-electron chi connectivity index (χ0n) is 13.4. The lowest BCUT2D eigenvalue weighted by molar-refractivity contribution is -0.120. The Kier molecular flexibility index (Phi) is 4.62. The molecular formula is C19H19FN2O2. The molecule has 0 fully saturated rings. The molecule has 4 nitrogen and oxygen atoms in total. The van der Waals surface area contributed by atoms with E-state index in [9.17, 15) is 14.3 Å². The molecule has 0 aliphatic carbocycles. The fourth-order valence-electron chi connectivity index (χ4n) is 2.82. The third-order valence-electron chi connectivity index (χ3n) is 4.08. The summed E-state index contributed by atoms with van der Waals surface area (Å²) < 4.78 is 14.9. The fraction of sp³-hybridized carbons (Fsp3) is 0.211. The number of rotatable bonds is 5. The van der Waals surface area contributed by atoms with E-state index in [1.54, 1.807) is 0 Å². The summed E-state index contributed by atoms with van der Waals surface area (Å²) in [4.78, 5) is 12.2. The number of aryl methyl sites for hydroxylation is 1. The average Bonchev–Trinajstić information content (AvgIpc) is 2.90. The smallest absolute Gasteiger partial charge is 0.224 e. The third kappa shape index (κ3) is 3.46. The van der Waals surface area contributed by atoms with E-state index in [1.807, 2.05) is 42.1 Å². The number of aromatic nitrogens is 1. The quantitative estimate of drug-likeness (QED) is 0.757. The Morgan fingerprint density at radius 3 is 2.67 bits per heavy atom. The lowest BCUT2D eigenvalue weighted by atomic mass is 10.1. The molecule has 1 atom stereocenters. The van der Waals surface area contributed by atoms with Crippen molar-refractivity contribution in [1.82, 2.24) is 9.88 Å². The molecule has 2 N–H and O–H groups in total. The summed E-state index contributed by atoms with van der Waals surface area (Å²) in [5, 5.41) is 13.8. The zero-order valence-corrected chi connectivity index (χ0v) is 13.4. The maximum absolute atomic E-state index is 12.9. The normalized spacial score (nSPS) is 12.3. The summed E-state index contributed by atoms with van der Waals surface area (Å²) in [7, 11) is 1.95. The number of halogens is 1. The van der Waals surface area contributed by atoms with Crippen molar-refractivity contribution in [3.05, 3.63) is 71.7 Å². The molecule has 0 saturated carbocycles. The monoisotopic (exact) mass is 326 g/mol. The molecule has 1 unspecified atom stereocenters. The summed E-state index contributed by atoms with van der Waals surface area (Å²) in [5.41, 5.74) is 2.59. The van der Waals surface area contributed by atoms with Gasteiger partial charge in [0.15, 0.2) is 0 Å². The van der Waals surface area contributed by atoms with Crippen molar-refractivity contribution in [2.24, 2.45) is 7.05 Å². The Morgan fingerprint density at radius 2 is 1.92 bits per heavy atom. The molecule has 124 valence electrons. The zero-order chi connectivity index (χ0) is 17.1. The molecule has 0 aliphatic rings. The van der Waals surface area contributed by atoms with E-state index in [1.165, 1.54) is 24.3 Å². The Balaban J connectivity index is 1.62. The molecule has 2 aromatic carbocycles. The van der Waals surface area contributed by atoms with E-state index in [0.717, 1.165) is 16.5 Å². The fourth-order valence-corrected chi connectivity index (χ4v) is 2.82. The van der Waals surface area contributed by atoms with E-state index in [2.05, 4.69) is 5.32 Å². The molecule has 1 amide bonds. The highest BCUT2D eigenvalue weighted by molar-refractivity contribution is 5.89. The van der Waals surface area contributed by atoms with Gasteiger partial charge in [-0.05, 0) is 29.3 Å². The minimum Gasteiger partial charge on any atom is -0.387 e. The summed E-state index contributed by atoms with van der Waals surface area (Å²) >= 11 is 0. The topological polar surface area (TPSA) is 54.3 Å². The van der Waals surface area contributed by atoms with Gasteiger partial charge in [-0.1, -0.05) is 30.3 Å². The molecule has 0 spiro atoms. The first kappa shape index (κ1) is 16.2. The first-order valence-electron chi connectivity index (χ1n) is 7.78. The molecule has 3 rings (SSSR count). The standard InChI is InChI=1S/C19H19FN2O2/c1-22-12-14(16-4-2-3-5-17(16)22)10-19(24)21-11-18(23)13-6-8-15(20)9-7-13/h2-9,12,18,23H,10-11H2,1H3,(H,21,24). The van der Waals surface area contributed by atoms with Crippen LogP contribution < -0.4 is 5.32 Å². The minimum atomic E-state index is -0.859. The van der Waals surface area contributed by atoms with Crippen LogP contribution in [0.3, 0.4) is 0 Å². The van der Waals surface area contributed by atoms with Gasteiger partial charge in [0.25, 0.3) is 0 Å². The van der Waals surface area contributed by atoms with Crippen LogP contribution in [0.1, 0.15) is 17.2 Å². The molecule has 1 aromatic heterocycles. The largest absolute Gasteiger partial charge is 0.387 e. The van der Waals surface area contributed by atoms with Crippen molar-refractivity contribution < 1.29 is 14.3 Å². The van der Waals surface area contributed by atoms with Gasteiger partial charge in [0, 0.05) is 30.7 Å². The van der Waals surface area contributed by atoms with Gasteiger partial charge in [0.05, 0.1) is 12.5 Å². The van der Waals surface area contributed by atoms with Crippen molar-refractivity contribution >= 4 is 16.8 Å².